The monoisotopic (exact) mass is 379 g/mol. The third-order valence-electron chi connectivity index (χ3n) is 4.67. The van der Waals surface area contributed by atoms with Gasteiger partial charge in [0, 0.05) is 41.4 Å². The lowest BCUT2D eigenvalue weighted by atomic mass is 10.1. The third kappa shape index (κ3) is 4.87. The SMILES string of the molecule is CCCN(C)C/C(=C\F)Cn1ccc2cc(C(=O)Nc3ccccc3)ccc21. The van der Waals surface area contributed by atoms with Crippen LogP contribution in [0.15, 0.2) is 72.7 Å². The molecule has 5 heteroatoms. The molecule has 0 radical (unpaired) electrons. The number of nitrogens with one attached hydrogen (secondary N) is 1. The standard InChI is InChI=1S/C23H26FN3O/c1-3-12-26(2)16-18(15-24)17-27-13-11-19-14-20(9-10-22(19)27)23(28)25-21-7-5-4-6-8-21/h4-11,13-15H,3,12,16-17H2,1-2H3,(H,25,28)/b18-15+. The van der Waals surface area contributed by atoms with Crippen LogP contribution in [0.25, 0.3) is 10.9 Å². The summed E-state index contributed by atoms with van der Waals surface area (Å²) in [5, 5.41) is 3.85. The van der Waals surface area contributed by atoms with Gasteiger partial charge in [-0.05, 0) is 62.0 Å². The summed E-state index contributed by atoms with van der Waals surface area (Å²) in [5.74, 6) is -0.147. The van der Waals surface area contributed by atoms with Crippen LogP contribution in [0.5, 0.6) is 0 Å². The van der Waals surface area contributed by atoms with Crippen LogP contribution >= 0.6 is 0 Å². The number of fused-ring (bicyclic) bond motifs is 1. The van der Waals surface area contributed by atoms with E-state index in [1.165, 1.54) is 0 Å². The van der Waals surface area contributed by atoms with E-state index in [9.17, 15) is 9.18 Å². The van der Waals surface area contributed by atoms with E-state index >= 15 is 0 Å². The van der Waals surface area contributed by atoms with Crippen molar-refractivity contribution in [3.63, 3.8) is 0 Å². The van der Waals surface area contributed by atoms with Crippen LogP contribution in [-0.2, 0) is 6.54 Å². The molecule has 0 saturated carbocycles. The van der Waals surface area contributed by atoms with Gasteiger partial charge in [-0.1, -0.05) is 25.1 Å². The van der Waals surface area contributed by atoms with Crippen molar-refractivity contribution in [2.45, 2.75) is 19.9 Å². The molecule has 0 fully saturated rings. The number of hydrogen-bond acceptors (Lipinski definition) is 2. The summed E-state index contributed by atoms with van der Waals surface area (Å²) in [6, 6.07) is 16.9. The van der Waals surface area contributed by atoms with Crippen LogP contribution in [0.3, 0.4) is 0 Å². The van der Waals surface area contributed by atoms with Gasteiger partial charge < -0.3 is 14.8 Å². The molecule has 0 spiro atoms. The number of nitrogens with zero attached hydrogens (tertiary/aromatic N) is 2. The topological polar surface area (TPSA) is 37.3 Å². The van der Waals surface area contributed by atoms with Gasteiger partial charge in [0.15, 0.2) is 0 Å². The van der Waals surface area contributed by atoms with Crippen LogP contribution in [0.4, 0.5) is 10.1 Å². The Labute approximate surface area is 165 Å². The van der Waals surface area contributed by atoms with Crippen molar-refractivity contribution >= 4 is 22.5 Å². The Morgan fingerprint density at radius 3 is 2.68 bits per heavy atom. The molecule has 1 aromatic heterocycles. The number of amides is 1. The molecule has 3 aromatic rings. The van der Waals surface area contributed by atoms with Gasteiger partial charge in [0.1, 0.15) is 0 Å². The Morgan fingerprint density at radius 2 is 1.96 bits per heavy atom. The number of anilines is 1. The molecular weight excluding hydrogens is 353 g/mol. The molecule has 4 nitrogen and oxygen atoms in total. The fourth-order valence-electron chi connectivity index (χ4n) is 3.35. The van der Waals surface area contributed by atoms with Crippen molar-refractivity contribution in [1.82, 2.24) is 9.47 Å². The third-order valence-corrected chi connectivity index (χ3v) is 4.67. The van der Waals surface area contributed by atoms with E-state index in [0.717, 1.165) is 35.1 Å². The predicted octanol–water partition coefficient (Wildman–Crippen LogP) is 5.09. The van der Waals surface area contributed by atoms with Gasteiger partial charge in [-0.3, -0.25) is 4.79 Å². The zero-order chi connectivity index (χ0) is 19.9. The van der Waals surface area contributed by atoms with Crippen molar-refractivity contribution in [2.24, 2.45) is 0 Å². The van der Waals surface area contributed by atoms with Crippen molar-refractivity contribution in [3.8, 4) is 0 Å². The molecule has 0 aliphatic heterocycles. The first-order chi connectivity index (χ1) is 13.6. The minimum atomic E-state index is -0.147. The summed E-state index contributed by atoms with van der Waals surface area (Å²) in [6.45, 7) is 4.13. The van der Waals surface area contributed by atoms with E-state index in [1.54, 1.807) is 6.07 Å². The summed E-state index contributed by atoms with van der Waals surface area (Å²) in [5.41, 5.74) is 3.06. The summed E-state index contributed by atoms with van der Waals surface area (Å²) in [6.07, 6.45) is 3.68. The lowest BCUT2D eigenvalue weighted by Crippen LogP contribution is -2.23. The number of carbonyl (C=O) groups excluding carboxylic acids is 1. The Kier molecular flexibility index (Phi) is 6.61. The van der Waals surface area contributed by atoms with E-state index < -0.39 is 0 Å². The average Bonchev–Trinajstić information content (AvgIpc) is 3.10. The quantitative estimate of drug-likeness (QED) is 0.592. The first kappa shape index (κ1) is 19.8. The molecule has 1 amide bonds. The minimum absolute atomic E-state index is 0.147. The van der Waals surface area contributed by atoms with Gasteiger partial charge in [0.25, 0.3) is 5.91 Å². The van der Waals surface area contributed by atoms with Crippen LogP contribution in [0, 0.1) is 0 Å². The van der Waals surface area contributed by atoms with Gasteiger partial charge in [-0.15, -0.1) is 0 Å². The predicted molar refractivity (Wildman–Crippen MR) is 113 cm³/mol. The number of carbonyl (C=O) groups is 1. The van der Waals surface area contributed by atoms with E-state index in [2.05, 4.69) is 17.1 Å². The van der Waals surface area contributed by atoms with E-state index in [0.29, 0.717) is 25.0 Å². The van der Waals surface area contributed by atoms with Gasteiger partial charge >= 0.3 is 0 Å². The van der Waals surface area contributed by atoms with Gasteiger partial charge in [-0.2, -0.15) is 0 Å². The van der Waals surface area contributed by atoms with E-state index in [1.807, 2.05) is 66.3 Å². The lowest BCUT2D eigenvalue weighted by Gasteiger charge is -2.18. The highest BCUT2D eigenvalue weighted by atomic mass is 19.1. The molecule has 1 heterocycles. The Balaban J connectivity index is 1.74. The van der Waals surface area contributed by atoms with Crippen molar-refractivity contribution in [1.29, 1.82) is 0 Å². The maximum absolute atomic E-state index is 13.4. The highest BCUT2D eigenvalue weighted by molar-refractivity contribution is 6.06. The average molecular weight is 379 g/mol. The minimum Gasteiger partial charge on any atom is -0.343 e. The molecule has 2 aromatic carbocycles. The number of likely N-dealkylation sites (N-methyl/N-ethyl adjacent to an activating group) is 1. The molecule has 3 rings (SSSR count). The van der Waals surface area contributed by atoms with Gasteiger partial charge in [-0.25, -0.2) is 4.39 Å². The van der Waals surface area contributed by atoms with Crippen LogP contribution in [0.1, 0.15) is 23.7 Å². The number of aromatic nitrogens is 1. The molecule has 28 heavy (non-hydrogen) atoms. The molecule has 0 unspecified atom stereocenters. The highest BCUT2D eigenvalue weighted by Gasteiger charge is 2.10. The molecule has 1 N–H and O–H groups in total. The summed E-state index contributed by atoms with van der Waals surface area (Å²) >= 11 is 0. The van der Waals surface area contributed by atoms with Crippen molar-refractivity contribution in [2.75, 3.05) is 25.5 Å². The fraction of sp³-hybridized carbons (Fsp3) is 0.261. The molecule has 0 saturated heterocycles. The maximum atomic E-state index is 13.4. The number of benzene rings is 2. The first-order valence-electron chi connectivity index (χ1n) is 9.52. The highest BCUT2D eigenvalue weighted by Crippen LogP contribution is 2.20. The Hall–Kier alpha value is -2.92. The van der Waals surface area contributed by atoms with E-state index in [-0.39, 0.29) is 5.91 Å². The molecule has 0 aliphatic rings. The first-order valence-corrected chi connectivity index (χ1v) is 9.52. The second kappa shape index (κ2) is 9.33. The second-order valence-corrected chi connectivity index (χ2v) is 7.04. The maximum Gasteiger partial charge on any atom is 0.255 e. The molecular formula is C23H26FN3O. The number of rotatable bonds is 8. The number of hydrogen-bond donors (Lipinski definition) is 1. The molecule has 0 bridgehead atoms. The summed E-state index contributed by atoms with van der Waals surface area (Å²) in [4.78, 5) is 14.6. The Bertz CT molecular complexity index is 962. The van der Waals surface area contributed by atoms with Crippen molar-refractivity contribution in [3.05, 3.63) is 78.3 Å². The molecule has 0 atom stereocenters. The number of para-hydroxylation sites is 1. The zero-order valence-corrected chi connectivity index (χ0v) is 16.4. The summed E-state index contributed by atoms with van der Waals surface area (Å²) < 4.78 is 15.4. The van der Waals surface area contributed by atoms with E-state index in [4.69, 9.17) is 0 Å². The van der Waals surface area contributed by atoms with Crippen molar-refractivity contribution < 1.29 is 9.18 Å². The van der Waals surface area contributed by atoms with Gasteiger partial charge in [0.05, 0.1) is 6.33 Å². The van der Waals surface area contributed by atoms with Crippen LogP contribution in [0.2, 0.25) is 0 Å². The molecule has 146 valence electrons. The molecule has 0 aliphatic carbocycles. The second-order valence-electron chi connectivity index (χ2n) is 7.04. The fourth-order valence-corrected chi connectivity index (χ4v) is 3.35. The van der Waals surface area contributed by atoms with Crippen LogP contribution in [-0.4, -0.2) is 35.5 Å². The normalized spacial score (nSPS) is 11.9. The van der Waals surface area contributed by atoms with Crippen LogP contribution < -0.4 is 5.32 Å². The smallest absolute Gasteiger partial charge is 0.255 e. The largest absolute Gasteiger partial charge is 0.343 e. The number of halogens is 1. The lowest BCUT2D eigenvalue weighted by molar-refractivity contribution is 0.102. The van der Waals surface area contributed by atoms with Gasteiger partial charge in [0.2, 0.25) is 0 Å². The Morgan fingerprint density at radius 1 is 1.18 bits per heavy atom. The summed E-state index contributed by atoms with van der Waals surface area (Å²) in [7, 11) is 2.00. The zero-order valence-electron chi connectivity index (χ0n) is 16.4.